The van der Waals surface area contributed by atoms with E-state index in [1.165, 1.54) is 0 Å². The van der Waals surface area contributed by atoms with Crippen molar-refractivity contribution in [2.24, 2.45) is 0 Å². The summed E-state index contributed by atoms with van der Waals surface area (Å²) >= 11 is 0. The zero-order chi connectivity index (χ0) is 12.9. The lowest BCUT2D eigenvalue weighted by atomic mass is 10.3. The van der Waals surface area contributed by atoms with Gasteiger partial charge in [-0.3, -0.25) is 0 Å². The van der Waals surface area contributed by atoms with Crippen LogP contribution in [0.1, 0.15) is 17.2 Å². The lowest BCUT2D eigenvalue weighted by Gasteiger charge is -2.04. The van der Waals surface area contributed by atoms with Crippen molar-refractivity contribution in [2.75, 3.05) is 6.61 Å². The Morgan fingerprint density at radius 3 is 2.29 bits per heavy atom. The van der Waals surface area contributed by atoms with Gasteiger partial charge in [0.15, 0.2) is 5.82 Å². The first-order chi connectivity index (χ1) is 7.87. The Morgan fingerprint density at radius 1 is 1.18 bits per heavy atom. The Kier molecular flexibility index (Phi) is 4.85. The Bertz CT molecular complexity index is 421. The molecule has 17 heavy (non-hydrogen) atoms. The van der Waals surface area contributed by atoms with Crippen LogP contribution in [0.2, 0.25) is 19.6 Å². The van der Waals surface area contributed by atoms with Crippen molar-refractivity contribution in [1.29, 1.82) is 0 Å². The van der Waals surface area contributed by atoms with Gasteiger partial charge in [-0.2, -0.15) is 0 Å². The standard InChI is InChI=1S/C13H20N2OSi/c1-11-9-12(2)15-13(14-11)10-16-7-6-8-17(3,4)5/h9H,7,10H2,1-5H3. The number of ether oxygens (including phenoxy) is 1. The smallest absolute Gasteiger partial charge is 0.154 e. The fourth-order valence-electron chi connectivity index (χ4n) is 1.36. The molecule has 0 radical (unpaired) electrons. The molecule has 1 aromatic rings. The Balaban J connectivity index is 2.43. The van der Waals surface area contributed by atoms with Crippen LogP contribution in [0, 0.1) is 25.3 Å². The first-order valence-electron chi connectivity index (χ1n) is 5.76. The van der Waals surface area contributed by atoms with Gasteiger partial charge in [-0.15, -0.1) is 5.54 Å². The fraction of sp³-hybridized carbons (Fsp3) is 0.538. The van der Waals surface area contributed by atoms with Crippen LogP contribution in [0.25, 0.3) is 0 Å². The molecule has 0 atom stereocenters. The normalized spacial score (nSPS) is 10.9. The van der Waals surface area contributed by atoms with E-state index in [0.717, 1.165) is 17.2 Å². The summed E-state index contributed by atoms with van der Waals surface area (Å²) in [5, 5.41) is 0. The molecule has 0 amide bonds. The van der Waals surface area contributed by atoms with Gasteiger partial charge in [-0.25, -0.2) is 9.97 Å². The molecular weight excluding hydrogens is 228 g/mol. The molecule has 0 aromatic carbocycles. The average Bonchev–Trinajstić information content (AvgIpc) is 2.13. The number of rotatable bonds is 3. The van der Waals surface area contributed by atoms with Gasteiger partial charge in [0.2, 0.25) is 0 Å². The molecule has 4 heteroatoms. The topological polar surface area (TPSA) is 35.0 Å². The van der Waals surface area contributed by atoms with Crippen molar-refractivity contribution in [3.63, 3.8) is 0 Å². The lowest BCUT2D eigenvalue weighted by molar-refractivity contribution is 0.147. The Morgan fingerprint density at radius 2 is 1.76 bits per heavy atom. The third-order valence-electron chi connectivity index (χ3n) is 1.90. The maximum Gasteiger partial charge on any atom is 0.154 e. The van der Waals surface area contributed by atoms with Crippen LogP contribution in [-0.2, 0) is 11.3 Å². The van der Waals surface area contributed by atoms with Crippen molar-refractivity contribution >= 4 is 8.07 Å². The van der Waals surface area contributed by atoms with Crippen molar-refractivity contribution < 1.29 is 4.74 Å². The molecule has 0 spiro atoms. The summed E-state index contributed by atoms with van der Waals surface area (Å²) in [5.41, 5.74) is 5.21. The average molecular weight is 248 g/mol. The van der Waals surface area contributed by atoms with Crippen LogP contribution < -0.4 is 0 Å². The van der Waals surface area contributed by atoms with E-state index in [9.17, 15) is 0 Å². The highest BCUT2D eigenvalue weighted by molar-refractivity contribution is 6.83. The number of aromatic nitrogens is 2. The molecule has 0 saturated carbocycles. The molecule has 0 N–H and O–H groups in total. The summed E-state index contributed by atoms with van der Waals surface area (Å²) in [5.74, 6) is 3.79. The second-order valence-corrected chi connectivity index (χ2v) is 9.86. The van der Waals surface area contributed by atoms with Gasteiger partial charge in [0.25, 0.3) is 0 Å². The molecule has 0 saturated heterocycles. The molecule has 3 nitrogen and oxygen atoms in total. The molecule has 1 rings (SSSR count). The summed E-state index contributed by atoms with van der Waals surface area (Å²) in [4.78, 5) is 8.61. The molecule has 0 aliphatic heterocycles. The minimum atomic E-state index is -1.28. The monoisotopic (exact) mass is 248 g/mol. The van der Waals surface area contributed by atoms with Crippen LogP contribution in [0.15, 0.2) is 6.07 Å². The first-order valence-corrected chi connectivity index (χ1v) is 9.26. The number of aryl methyl sites for hydroxylation is 2. The highest BCUT2D eigenvalue weighted by Crippen LogP contribution is 2.00. The van der Waals surface area contributed by atoms with E-state index in [4.69, 9.17) is 4.74 Å². The summed E-state index contributed by atoms with van der Waals surface area (Å²) in [6.07, 6.45) is 0. The highest BCUT2D eigenvalue weighted by Gasteiger charge is 2.07. The van der Waals surface area contributed by atoms with Crippen LogP contribution in [0.3, 0.4) is 0 Å². The quantitative estimate of drug-likeness (QED) is 0.468. The molecule has 0 unspecified atom stereocenters. The molecular formula is C13H20N2OSi. The SMILES string of the molecule is Cc1cc(C)nc(COCC#C[Si](C)(C)C)n1. The summed E-state index contributed by atoms with van der Waals surface area (Å²) in [6.45, 7) is 11.5. The molecule has 1 aromatic heterocycles. The van der Waals surface area contributed by atoms with Crippen molar-refractivity contribution in [2.45, 2.75) is 40.1 Å². The van der Waals surface area contributed by atoms with Gasteiger partial charge in [-0.1, -0.05) is 25.6 Å². The van der Waals surface area contributed by atoms with Crippen LogP contribution in [0.4, 0.5) is 0 Å². The van der Waals surface area contributed by atoms with Gasteiger partial charge < -0.3 is 4.74 Å². The summed E-state index contributed by atoms with van der Waals surface area (Å²) in [6, 6.07) is 1.95. The molecule has 1 heterocycles. The fourth-order valence-corrected chi connectivity index (χ4v) is 1.96. The largest absolute Gasteiger partial charge is 0.361 e. The Labute approximate surface area is 105 Å². The number of nitrogens with zero attached hydrogens (tertiary/aromatic N) is 2. The van der Waals surface area contributed by atoms with Gasteiger partial charge in [0.05, 0.1) is 0 Å². The predicted molar refractivity (Wildman–Crippen MR) is 72.3 cm³/mol. The highest BCUT2D eigenvalue weighted by atomic mass is 28.3. The zero-order valence-corrected chi connectivity index (χ0v) is 12.3. The number of hydrogen-bond donors (Lipinski definition) is 0. The molecule has 0 fully saturated rings. The van der Waals surface area contributed by atoms with E-state index >= 15 is 0 Å². The predicted octanol–water partition coefficient (Wildman–Crippen LogP) is 2.49. The molecule has 0 bridgehead atoms. The van der Waals surface area contributed by atoms with E-state index < -0.39 is 8.07 Å². The van der Waals surface area contributed by atoms with Crippen molar-refractivity contribution in [3.05, 3.63) is 23.3 Å². The lowest BCUT2D eigenvalue weighted by Crippen LogP contribution is -2.16. The maximum atomic E-state index is 5.45. The Hall–Kier alpha value is -1.18. The summed E-state index contributed by atoms with van der Waals surface area (Å²) in [7, 11) is -1.28. The minimum Gasteiger partial charge on any atom is -0.361 e. The summed E-state index contributed by atoms with van der Waals surface area (Å²) < 4.78 is 5.45. The van der Waals surface area contributed by atoms with E-state index in [1.807, 2.05) is 19.9 Å². The van der Waals surface area contributed by atoms with Gasteiger partial charge >= 0.3 is 0 Å². The van der Waals surface area contributed by atoms with Crippen LogP contribution >= 0.6 is 0 Å². The van der Waals surface area contributed by atoms with E-state index in [1.54, 1.807) is 0 Å². The third-order valence-corrected chi connectivity index (χ3v) is 2.82. The van der Waals surface area contributed by atoms with E-state index in [-0.39, 0.29) is 0 Å². The van der Waals surface area contributed by atoms with Crippen LogP contribution in [0.5, 0.6) is 0 Å². The molecule has 92 valence electrons. The molecule has 0 aliphatic carbocycles. The number of hydrogen-bond acceptors (Lipinski definition) is 3. The second-order valence-electron chi connectivity index (χ2n) is 5.11. The van der Waals surface area contributed by atoms with Crippen LogP contribution in [-0.4, -0.2) is 24.6 Å². The van der Waals surface area contributed by atoms with Gasteiger partial charge in [-0.05, 0) is 19.9 Å². The van der Waals surface area contributed by atoms with Crippen molar-refractivity contribution in [3.8, 4) is 11.5 Å². The minimum absolute atomic E-state index is 0.433. The van der Waals surface area contributed by atoms with Gasteiger partial charge in [0.1, 0.15) is 21.3 Å². The maximum absolute atomic E-state index is 5.45. The third kappa shape index (κ3) is 6.20. The van der Waals surface area contributed by atoms with E-state index in [2.05, 4.69) is 41.1 Å². The van der Waals surface area contributed by atoms with E-state index in [0.29, 0.717) is 13.2 Å². The van der Waals surface area contributed by atoms with Crippen molar-refractivity contribution in [1.82, 2.24) is 9.97 Å². The second kappa shape index (κ2) is 5.94. The zero-order valence-electron chi connectivity index (χ0n) is 11.3. The first kappa shape index (κ1) is 13.9. The molecule has 0 aliphatic rings. The van der Waals surface area contributed by atoms with Gasteiger partial charge in [0, 0.05) is 11.4 Å².